The minimum Gasteiger partial charge on any atom is -0.497 e. The Balaban J connectivity index is 1.36. The summed E-state index contributed by atoms with van der Waals surface area (Å²) in [5, 5.41) is 73.6. The Morgan fingerprint density at radius 3 is 2.13 bits per heavy atom. The number of carbonyl (C=O) groups excluding carboxylic acids is 1. The van der Waals surface area contributed by atoms with Crippen LogP contribution in [0.4, 0.5) is 0 Å². The molecule has 15 nitrogen and oxygen atoms in total. The third-order valence-corrected chi connectivity index (χ3v) is 8.19. The lowest BCUT2D eigenvalue weighted by molar-refractivity contribution is -0.318. The number of hydrogen-bond acceptors (Lipinski definition) is 15. The Morgan fingerprint density at radius 2 is 1.47 bits per heavy atom. The Morgan fingerprint density at radius 1 is 0.822 bits per heavy atom. The monoisotopic (exact) mass is 638 g/mol. The average molecular weight is 639 g/mol. The summed E-state index contributed by atoms with van der Waals surface area (Å²) in [6.45, 7) is 0.579. The molecule has 7 N–H and O–H groups in total. The second-order valence-electron chi connectivity index (χ2n) is 11.3. The molecule has 248 valence electrons. The smallest absolute Gasteiger partial charge is 0.229 e. The van der Waals surface area contributed by atoms with Crippen molar-refractivity contribution in [2.75, 3.05) is 27.4 Å². The number of methoxy groups -OCH3 is 2. The fourth-order valence-electron chi connectivity index (χ4n) is 5.44. The molecular weight excluding hydrogens is 600 g/mol. The van der Waals surface area contributed by atoms with Crippen molar-refractivity contribution >= 4 is 5.78 Å². The normalized spacial score (nSPS) is 36.5. The van der Waals surface area contributed by atoms with Crippen molar-refractivity contribution in [1.29, 1.82) is 0 Å². The predicted molar refractivity (Wildman–Crippen MR) is 150 cm³/mol. The number of ketones is 1. The van der Waals surface area contributed by atoms with E-state index in [-0.39, 0.29) is 35.8 Å². The number of aliphatic hydroxyl groups is 7. The summed E-state index contributed by atoms with van der Waals surface area (Å²) >= 11 is 0. The number of aliphatic hydroxyl groups excluding tert-OH is 6. The van der Waals surface area contributed by atoms with Crippen LogP contribution in [-0.2, 0) is 20.6 Å². The van der Waals surface area contributed by atoms with Gasteiger partial charge < -0.3 is 68.9 Å². The maximum Gasteiger partial charge on any atom is 0.229 e. The highest BCUT2D eigenvalue weighted by Crippen LogP contribution is 2.42. The molecule has 0 aromatic heterocycles. The SMILES string of the molecule is COc1ccc(C[C@]2(O)COc3cc(OC)cc(O[C@@H]4O[C@H](CO[C@H]5O[C@@H](C)[C@H](O)[C@@H](O)[C@H]5O)[C@@H](O)[C@H](O)[C@H]4O)c3C2=O)cc1. The highest BCUT2D eigenvalue weighted by molar-refractivity contribution is 6.08. The van der Waals surface area contributed by atoms with Crippen molar-refractivity contribution in [2.45, 2.75) is 80.4 Å². The molecule has 11 atom stereocenters. The molecule has 0 aliphatic carbocycles. The van der Waals surface area contributed by atoms with Crippen LogP contribution in [0, 0.1) is 0 Å². The quantitative estimate of drug-likeness (QED) is 0.162. The second-order valence-corrected chi connectivity index (χ2v) is 11.3. The van der Waals surface area contributed by atoms with Crippen LogP contribution in [0.2, 0.25) is 0 Å². The first kappa shape index (κ1) is 33.3. The molecular formula is C30H38O15. The van der Waals surface area contributed by atoms with Gasteiger partial charge in [-0.05, 0) is 24.6 Å². The molecule has 0 saturated carbocycles. The van der Waals surface area contributed by atoms with Crippen LogP contribution in [0.25, 0.3) is 0 Å². The van der Waals surface area contributed by atoms with E-state index in [0.29, 0.717) is 11.3 Å². The van der Waals surface area contributed by atoms with Crippen LogP contribution in [-0.4, -0.2) is 136 Å². The first-order valence-electron chi connectivity index (χ1n) is 14.3. The zero-order valence-corrected chi connectivity index (χ0v) is 24.8. The van der Waals surface area contributed by atoms with E-state index in [2.05, 4.69) is 0 Å². The minimum absolute atomic E-state index is 0.0396. The number of carbonyl (C=O) groups is 1. The van der Waals surface area contributed by atoms with E-state index < -0.39 is 79.4 Å². The van der Waals surface area contributed by atoms with Gasteiger partial charge in [0.25, 0.3) is 0 Å². The highest BCUT2D eigenvalue weighted by Gasteiger charge is 2.49. The fraction of sp³-hybridized carbons (Fsp3) is 0.567. The first-order valence-corrected chi connectivity index (χ1v) is 14.3. The van der Waals surface area contributed by atoms with Crippen molar-refractivity contribution in [1.82, 2.24) is 0 Å². The summed E-state index contributed by atoms with van der Waals surface area (Å²) in [7, 11) is 2.89. The molecule has 3 aliphatic heterocycles. The van der Waals surface area contributed by atoms with Crippen molar-refractivity contribution in [3.05, 3.63) is 47.5 Å². The lowest BCUT2D eigenvalue weighted by Crippen LogP contribution is -2.61. The van der Waals surface area contributed by atoms with Crippen molar-refractivity contribution < 1.29 is 73.7 Å². The van der Waals surface area contributed by atoms with Crippen LogP contribution < -0.4 is 18.9 Å². The molecule has 0 spiro atoms. The molecule has 2 aromatic rings. The number of rotatable bonds is 9. The van der Waals surface area contributed by atoms with E-state index in [9.17, 15) is 40.5 Å². The summed E-state index contributed by atoms with van der Waals surface area (Å²) in [6.07, 6.45) is -15.3. The van der Waals surface area contributed by atoms with Gasteiger partial charge in [-0.25, -0.2) is 0 Å². The largest absolute Gasteiger partial charge is 0.497 e. The maximum atomic E-state index is 13.8. The molecule has 45 heavy (non-hydrogen) atoms. The van der Waals surface area contributed by atoms with E-state index in [0.717, 1.165) is 0 Å². The van der Waals surface area contributed by atoms with Gasteiger partial charge in [0.05, 0.1) is 26.9 Å². The Kier molecular flexibility index (Phi) is 9.86. The summed E-state index contributed by atoms with van der Waals surface area (Å²) in [4.78, 5) is 13.8. The Bertz CT molecular complexity index is 1340. The van der Waals surface area contributed by atoms with Gasteiger partial charge in [0.1, 0.15) is 77.9 Å². The summed E-state index contributed by atoms with van der Waals surface area (Å²) < 4.78 is 38.8. The molecule has 0 amide bonds. The molecule has 2 aromatic carbocycles. The van der Waals surface area contributed by atoms with Crippen LogP contribution in [0.5, 0.6) is 23.0 Å². The Hall–Kier alpha value is -3.09. The topological polar surface area (TPSA) is 223 Å². The third-order valence-electron chi connectivity index (χ3n) is 8.19. The molecule has 3 heterocycles. The molecule has 2 saturated heterocycles. The van der Waals surface area contributed by atoms with Crippen LogP contribution >= 0.6 is 0 Å². The summed E-state index contributed by atoms with van der Waals surface area (Å²) in [6, 6.07) is 9.53. The summed E-state index contributed by atoms with van der Waals surface area (Å²) in [5.41, 5.74) is -1.53. The zero-order chi connectivity index (χ0) is 32.6. The average Bonchev–Trinajstić information content (AvgIpc) is 3.03. The molecule has 0 unspecified atom stereocenters. The van der Waals surface area contributed by atoms with E-state index in [4.69, 9.17) is 33.2 Å². The van der Waals surface area contributed by atoms with Crippen LogP contribution in [0.15, 0.2) is 36.4 Å². The van der Waals surface area contributed by atoms with E-state index in [1.807, 2.05) is 0 Å². The van der Waals surface area contributed by atoms with Gasteiger partial charge >= 0.3 is 0 Å². The molecule has 0 bridgehead atoms. The van der Waals surface area contributed by atoms with Gasteiger partial charge in [0.2, 0.25) is 12.1 Å². The van der Waals surface area contributed by atoms with Gasteiger partial charge in [0, 0.05) is 18.6 Å². The molecule has 2 fully saturated rings. The highest BCUT2D eigenvalue weighted by atomic mass is 16.7. The standard InChI is InChI=1S/C30H38O15/c1-13-21(31)23(33)25(35)28(43-13)41-11-19-22(32)24(34)26(36)29(45-19)44-18-9-16(40-3)8-17-20(18)27(37)30(38,12-42-17)10-14-4-6-15(39-2)7-5-14/h4-9,13,19,21-26,28-29,31-36,38H,10-12H2,1-3H3/t13-,19+,21-,22+,23+,24-,25+,26+,28-,29+,30-/m0/s1. The van der Waals surface area contributed by atoms with Crippen molar-refractivity contribution in [3.8, 4) is 23.0 Å². The van der Waals surface area contributed by atoms with E-state index in [1.54, 1.807) is 24.3 Å². The van der Waals surface area contributed by atoms with Gasteiger partial charge in [-0.1, -0.05) is 12.1 Å². The van der Waals surface area contributed by atoms with Crippen molar-refractivity contribution in [3.63, 3.8) is 0 Å². The van der Waals surface area contributed by atoms with E-state index in [1.165, 1.54) is 33.3 Å². The number of Topliss-reactive ketones (excluding diaryl/α,β-unsaturated/α-hetero) is 1. The third kappa shape index (κ3) is 6.59. The lowest BCUT2D eigenvalue weighted by atomic mass is 9.85. The number of benzene rings is 2. The van der Waals surface area contributed by atoms with Gasteiger partial charge in [-0.3, -0.25) is 4.79 Å². The number of hydrogen-bond donors (Lipinski definition) is 7. The molecule has 3 aliphatic rings. The first-order chi connectivity index (χ1) is 21.4. The zero-order valence-electron chi connectivity index (χ0n) is 24.8. The van der Waals surface area contributed by atoms with Crippen LogP contribution in [0.3, 0.4) is 0 Å². The fourth-order valence-corrected chi connectivity index (χ4v) is 5.44. The second kappa shape index (κ2) is 13.3. The van der Waals surface area contributed by atoms with E-state index >= 15 is 0 Å². The van der Waals surface area contributed by atoms with Gasteiger partial charge in [-0.2, -0.15) is 0 Å². The maximum absolute atomic E-state index is 13.8. The minimum atomic E-state index is -2.00. The van der Waals surface area contributed by atoms with Crippen molar-refractivity contribution in [2.24, 2.45) is 0 Å². The predicted octanol–water partition coefficient (Wildman–Crippen LogP) is -1.72. The van der Waals surface area contributed by atoms with Crippen LogP contribution in [0.1, 0.15) is 22.8 Å². The number of fused-ring (bicyclic) bond motifs is 1. The lowest BCUT2D eigenvalue weighted by Gasteiger charge is -2.42. The summed E-state index contributed by atoms with van der Waals surface area (Å²) in [5.74, 6) is -0.0904. The van der Waals surface area contributed by atoms with Gasteiger partial charge in [-0.15, -0.1) is 0 Å². The number of ether oxygens (including phenoxy) is 7. The molecule has 0 radical (unpaired) electrons. The van der Waals surface area contributed by atoms with Gasteiger partial charge in [0.15, 0.2) is 11.9 Å². The Labute approximate surface area is 258 Å². The molecule has 5 rings (SSSR count). The molecule has 15 heteroatoms.